The minimum absolute atomic E-state index is 0.133. The highest BCUT2D eigenvalue weighted by atomic mass is 16.5. The predicted molar refractivity (Wildman–Crippen MR) is 103 cm³/mol. The number of para-hydroxylation sites is 1. The van der Waals surface area contributed by atoms with E-state index in [1.165, 1.54) is 31.5 Å². The number of quaternary nitrogens is 1. The molecule has 1 saturated heterocycles. The molecule has 26 heavy (non-hydrogen) atoms. The number of aliphatic imine (C=N–C) groups is 1. The van der Waals surface area contributed by atoms with E-state index < -0.39 is 0 Å². The number of likely N-dealkylation sites (tertiary alicyclic amines) is 1. The van der Waals surface area contributed by atoms with Gasteiger partial charge in [-0.05, 0) is 36.4 Å². The van der Waals surface area contributed by atoms with E-state index in [1.807, 2.05) is 24.3 Å². The van der Waals surface area contributed by atoms with Gasteiger partial charge >= 0.3 is 0 Å². The van der Waals surface area contributed by atoms with Crippen molar-refractivity contribution >= 4 is 6.21 Å². The lowest BCUT2D eigenvalue weighted by Crippen LogP contribution is -3.10. The molecule has 0 amide bonds. The van der Waals surface area contributed by atoms with Gasteiger partial charge in [-0.3, -0.25) is 4.99 Å². The smallest absolute Gasteiger partial charge is 0.166 e. The molecule has 0 unspecified atom stereocenters. The Kier molecular flexibility index (Phi) is 6.12. The molecular weight excluding hydrogens is 328 g/mol. The quantitative estimate of drug-likeness (QED) is 0.749. The van der Waals surface area contributed by atoms with Crippen LogP contribution in [0.5, 0.6) is 17.2 Å². The summed E-state index contributed by atoms with van der Waals surface area (Å²) < 4.78 is 10.4. The molecule has 5 heteroatoms. The third kappa shape index (κ3) is 4.17. The fourth-order valence-corrected chi connectivity index (χ4v) is 3.55. The van der Waals surface area contributed by atoms with Gasteiger partial charge < -0.3 is 19.5 Å². The monoisotopic (exact) mass is 355 g/mol. The van der Waals surface area contributed by atoms with Crippen LogP contribution in [0.25, 0.3) is 0 Å². The number of ether oxygens (including phenoxy) is 2. The number of hydrogen-bond donors (Lipinski definition) is 2. The van der Waals surface area contributed by atoms with Crippen LogP contribution in [0.1, 0.15) is 30.0 Å². The Bertz CT molecular complexity index is 737. The Labute approximate surface area is 154 Å². The molecule has 138 valence electrons. The maximum absolute atomic E-state index is 10.2. The first-order valence-corrected chi connectivity index (χ1v) is 9.07. The summed E-state index contributed by atoms with van der Waals surface area (Å²) in [5.74, 6) is 1.47. The molecule has 1 fully saturated rings. The average molecular weight is 355 g/mol. The molecule has 1 heterocycles. The van der Waals surface area contributed by atoms with Crippen LogP contribution in [0.15, 0.2) is 47.5 Å². The highest BCUT2D eigenvalue weighted by Gasteiger charge is 2.27. The summed E-state index contributed by atoms with van der Waals surface area (Å²) in [5.41, 5.74) is 1.95. The number of benzene rings is 2. The number of hydrogen-bond acceptors (Lipinski definition) is 4. The van der Waals surface area contributed by atoms with Crippen LogP contribution in [0.3, 0.4) is 0 Å². The molecule has 0 radical (unpaired) electrons. The Hall–Kier alpha value is -2.53. The Balaban J connectivity index is 1.77. The molecule has 2 N–H and O–H groups in total. The second-order valence-corrected chi connectivity index (χ2v) is 6.58. The van der Waals surface area contributed by atoms with Crippen molar-refractivity contribution in [3.8, 4) is 17.2 Å². The minimum atomic E-state index is 0.133. The first-order valence-electron chi connectivity index (χ1n) is 9.07. The Morgan fingerprint density at radius 1 is 1.08 bits per heavy atom. The SMILES string of the molecule is COc1ccc([C@H](CN=Cc2cccc(OC)c2O)[NH+]2CCCC2)cc1. The molecule has 0 aliphatic carbocycles. The Morgan fingerprint density at radius 2 is 1.81 bits per heavy atom. The van der Waals surface area contributed by atoms with Gasteiger partial charge in [-0.25, -0.2) is 0 Å². The molecule has 2 aromatic carbocycles. The predicted octanol–water partition coefficient (Wildman–Crippen LogP) is 2.25. The van der Waals surface area contributed by atoms with Crippen molar-refractivity contribution in [3.63, 3.8) is 0 Å². The van der Waals surface area contributed by atoms with Crippen molar-refractivity contribution < 1.29 is 19.5 Å². The Morgan fingerprint density at radius 3 is 2.46 bits per heavy atom. The summed E-state index contributed by atoms with van der Waals surface area (Å²) in [6, 6.07) is 14.0. The van der Waals surface area contributed by atoms with Gasteiger partial charge in [0.15, 0.2) is 11.5 Å². The second kappa shape index (κ2) is 8.72. The summed E-state index contributed by atoms with van der Waals surface area (Å²) in [6.07, 6.45) is 4.27. The number of nitrogens with zero attached hydrogens (tertiary/aromatic N) is 1. The fraction of sp³-hybridized carbons (Fsp3) is 0.381. The summed E-state index contributed by atoms with van der Waals surface area (Å²) in [7, 11) is 3.23. The van der Waals surface area contributed by atoms with Crippen molar-refractivity contribution in [2.45, 2.75) is 18.9 Å². The van der Waals surface area contributed by atoms with Crippen LogP contribution in [-0.4, -0.2) is 45.2 Å². The molecule has 3 rings (SSSR count). The third-order valence-electron chi connectivity index (χ3n) is 5.03. The lowest BCUT2D eigenvalue weighted by Gasteiger charge is -2.23. The van der Waals surface area contributed by atoms with Crippen LogP contribution >= 0.6 is 0 Å². The van der Waals surface area contributed by atoms with E-state index in [4.69, 9.17) is 9.47 Å². The van der Waals surface area contributed by atoms with Gasteiger partial charge in [-0.2, -0.15) is 0 Å². The standard InChI is InChI=1S/C21H26N2O3/c1-25-18-10-8-16(9-11-18)19(23-12-3-4-13-23)15-22-14-17-6-5-7-20(26-2)21(17)24/h5-11,14,19,24H,3-4,12-13,15H2,1-2H3/p+1/t19-/m0/s1. The molecule has 1 atom stereocenters. The topological polar surface area (TPSA) is 55.5 Å². The van der Waals surface area contributed by atoms with Gasteiger partial charge in [0.05, 0.1) is 33.9 Å². The molecular formula is C21H27N2O3+. The lowest BCUT2D eigenvalue weighted by atomic mass is 10.1. The third-order valence-corrected chi connectivity index (χ3v) is 5.03. The van der Waals surface area contributed by atoms with Gasteiger partial charge in [0.2, 0.25) is 0 Å². The van der Waals surface area contributed by atoms with Crippen molar-refractivity contribution in [3.05, 3.63) is 53.6 Å². The second-order valence-electron chi connectivity index (χ2n) is 6.58. The van der Waals surface area contributed by atoms with Crippen LogP contribution in [-0.2, 0) is 0 Å². The largest absolute Gasteiger partial charge is 0.504 e. The zero-order valence-corrected chi connectivity index (χ0v) is 15.4. The first kappa shape index (κ1) is 18.3. The number of phenolic OH excluding ortho intramolecular Hbond substituents is 1. The number of rotatable bonds is 7. The zero-order chi connectivity index (χ0) is 18.4. The van der Waals surface area contributed by atoms with E-state index >= 15 is 0 Å². The lowest BCUT2D eigenvalue weighted by molar-refractivity contribution is -0.918. The molecule has 5 nitrogen and oxygen atoms in total. The molecule has 0 bridgehead atoms. The van der Waals surface area contributed by atoms with E-state index in [9.17, 15) is 5.11 Å². The molecule has 1 aliphatic heterocycles. The van der Waals surface area contributed by atoms with E-state index in [-0.39, 0.29) is 5.75 Å². The summed E-state index contributed by atoms with van der Waals surface area (Å²) in [5, 5.41) is 10.2. The average Bonchev–Trinajstić information content (AvgIpc) is 3.21. The minimum Gasteiger partial charge on any atom is -0.504 e. The van der Waals surface area contributed by atoms with Gasteiger partial charge in [-0.15, -0.1) is 0 Å². The van der Waals surface area contributed by atoms with Crippen LogP contribution in [0.2, 0.25) is 0 Å². The highest BCUT2D eigenvalue weighted by Crippen LogP contribution is 2.28. The fourth-order valence-electron chi connectivity index (χ4n) is 3.55. The van der Waals surface area contributed by atoms with Gasteiger partial charge in [0.25, 0.3) is 0 Å². The summed E-state index contributed by atoms with van der Waals surface area (Å²) >= 11 is 0. The number of phenols is 1. The molecule has 0 saturated carbocycles. The summed E-state index contributed by atoms with van der Waals surface area (Å²) in [4.78, 5) is 6.22. The molecule has 2 aromatic rings. The van der Waals surface area contributed by atoms with Gasteiger partial charge in [-0.1, -0.05) is 6.07 Å². The molecule has 0 aromatic heterocycles. The normalized spacial score (nSPS) is 16.1. The van der Waals surface area contributed by atoms with E-state index in [2.05, 4.69) is 17.1 Å². The molecule has 0 spiro atoms. The van der Waals surface area contributed by atoms with Crippen molar-refractivity contribution in [1.82, 2.24) is 0 Å². The maximum atomic E-state index is 10.2. The van der Waals surface area contributed by atoms with Crippen LogP contribution in [0, 0.1) is 0 Å². The maximum Gasteiger partial charge on any atom is 0.166 e. The van der Waals surface area contributed by atoms with Crippen LogP contribution < -0.4 is 14.4 Å². The van der Waals surface area contributed by atoms with Crippen molar-refractivity contribution in [2.75, 3.05) is 33.9 Å². The van der Waals surface area contributed by atoms with Crippen LogP contribution in [0.4, 0.5) is 0 Å². The number of methoxy groups -OCH3 is 2. The van der Waals surface area contributed by atoms with E-state index in [1.54, 1.807) is 31.4 Å². The summed E-state index contributed by atoms with van der Waals surface area (Å²) in [6.45, 7) is 3.03. The number of nitrogens with one attached hydrogen (secondary N) is 1. The van der Waals surface area contributed by atoms with Gasteiger partial charge in [0.1, 0.15) is 11.8 Å². The van der Waals surface area contributed by atoms with Gasteiger partial charge in [0, 0.05) is 30.2 Å². The van der Waals surface area contributed by atoms with Crippen molar-refractivity contribution in [1.29, 1.82) is 0 Å². The number of aromatic hydroxyl groups is 1. The molecule has 1 aliphatic rings. The first-order chi connectivity index (χ1) is 12.7. The van der Waals surface area contributed by atoms with Crippen molar-refractivity contribution in [2.24, 2.45) is 4.99 Å². The highest BCUT2D eigenvalue weighted by molar-refractivity contribution is 5.84. The van der Waals surface area contributed by atoms with E-state index in [0.717, 1.165) is 5.75 Å². The van der Waals surface area contributed by atoms with E-state index in [0.29, 0.717) is 23.9 Å². The zero-order valence-electron chi connectivity index (χ0n) is 15.4.